The quantitative estimate of drug-likeness (QED) is 0.689. The lowest BCUT2D eigenvalue weighted by atomic mass is 10.2. The Morgan fingerprint density at radius 3 is 2.63 bits per heavy atom. The first-order valence-electron chi connectivity index (χ1n) is 5.65. The van der Waals surface area contributed by atoms with E-state index in [1.807, 2.05) is 24.3 Å². The standard InChI is InChI=1S/C13H12BrN3O2/c1-9-6-13(16-8-12(9)17(18)19)15-7-10-2-4-11(14)5-3-10/h2-6,8H,7H2,1H3,(H,15,16). The Morgan fingerprint density at radius 2 is 2.05 bits per heavy atom. The minimum Gasteiger partial charge on any atom is -0.366 e. The number of nitrogens with zero attached hydrogens (tertiary/aromatic N) is 2. The molecule has 2 aromatic rings. The van der Waals surface area contributed by atoms with Gasteiger partial charge in [-0.15, -0.1) is 0 Å². The molecule has 0 saturated carbocycles. The number of anilines is 1. The highest BCUT2D eigenvalue weighted by molar-refractivity contribution is 9.10. The second-order valence-corrected chi connectivity index (χ2v) is 5.01. The number of nitrogens with one attached hydrogen (secondary N) is 1. The van der Waals surface area contributed by atoms with Crippen LogP contribution in [-0.2, 0) is 6.54 Å². The summed E-state index contributed by atoms with van der Waals surface area (Å²) < 4.78 is 1.03. The normalized spacial score (nSPS) is 10.2. The number of aryl methyl sites for hydroxylation is 1. The molecule has 0 aliphatic carbocycles. The number of nitro groups is 1. The lowest BCUT2D eigenvalue weighted by Crippen LogP contribution is -2.02. The van der Waals surface area contributed by atoms with Gasteiger partial charge in [-0.05, 0) is 30.7 Å². The zero-order valence-corrected chi connectivity index (χ0v) is 11.8. The maximum absolute atomic E-state index is 10.7. The molecule has 5 nitrogen and oxygen atoms in total. The molecule has 2 rings (SSSR count). The van der Waals surface area contributed by atoms with Crippen molar-refractivity contribution in [3.63, 3.8) is 0 Å². The van der Waals surface area contributed by atoms with Crippen molar-refractivity contribution in [2.45, 2.75) is 13.5 Å². The molecule has 0 bridgehead atoms. The third kappa shape index (κ3) is 3.51. The summed E-state index contributed by atoms with van der Waals surface area (Å²) in [6, 6.07) is 9.60. The summed E-state index contributed by atoms with van der Waals surface area (Å²) in [5, 5.41) is 13.8. The molecule has 1 heterocycles. The van der Waals surface area contributed by atoms with E-state index < -0.39 is 4.92 Å². The first-order valence-corrected chi connectivity index (χ1v) is 6.45. The molecule has 0 radical (unpaired) electrons. The fourth-order valence-corrected chi connectivity index (χ4v) is 1.90. The maximum Gasteiger partial charge on any atom is 0.290 e. The van der Waals surface area contributed by atoms with E-state index in [0.29, 0.717) is 17.9 Å². The van der Waals surface area contributed by atoms with Gasteiger partial charge in [-0.3, -0.25) is 10.1 Å². The molecule has 0 aliphatic heterocycles. The Kier molecular flexibility index (Phi) is 4.11. The van der Waals surface area contributed by atoms with Crippen molar-refractivity contribution >= 4 is 27.4 Å². The van der Waals surface area contributed by atoms with Gasteiger partial charge >= 0.3 is 0 Å². The Morgan fingerprint density at radius 1 is 1.37 bits per heavy atom. The second-order valence-electron chi connectivity index (χ2n) is 4.09. The molecule has 98 valence electrons. The molecule has 0 atom stereocenters. The summed E-state index contributed by atoms with van der Waals surface area (Å²) in [6.45, 7) is 2.32. The van der Waals surface area contributed by atoms with E-state index in [1.165, 1.54) is 6.20 Å². The molecular formula is C13H12BrN3O2. The number of benzene rings is 1. The minimum absolute atomic E-state index is 0.0363. The molecule has 0 amide bonds. The van der Waals surface area contributed by atoms with Crippen molar-refractivity contribution < 1.29 is 4.92 Å². The number of hydrogen-bond acceptors (Lipinski definition) is 4. The lowest BCUT2D eigenvalue weighted by molar-refractivity contribution is -0.385. The highest BCUT2D eigenvalue weighted by Crippen LogP contribution is 2.19. The molecule has 1 N–H and O–H groups in total. The van der Waals surface area contributed by atoms with Crippen molar-refractivity contribution in [1.29, 1.82) is 0 Å². The Hall–Kier alpha value is -1.95. The largest absolute Gasteiger partial charge is 0.366 e. The van der Waals surface area contributed by atoms with Crippen molar-refractivity contribution in [2.75, 3.05) is 5.32 Å². The Bertz CT molecular complexity index is 599. The van der Waals surface area contributed by atoms with Gasteiger partial charge in [0.25, 0.3) is 5.69 Å². The highest BCUT2D eigenvalue weighted by atomic mass is 79.9. The van der Waals surface area contributed by atoms with Gasteiger partial charge in [-0.2, -0.15) is 0 Å². The predicted molar refractivity (Wildman–Crippen MR) is 77.1 cm³/mol. The Labute approximate surface area is 119 Å². The summed E-state index contributed by atoms with van der Waals surface area (Å²) in [7, 11) is 0. The highest BCUT2D eigenvalue weighted by Gasteiger charge is 2.11. The van der Waals surface area contributed by atoms with Crippen LogP contribution in [0.2, 0.25) is 0 Å². The van der Waals surface area contributed by atoms with Crippen LogP contribution in [0.5, 0.6) is 0 Å². The molecule has 0 fully saturated rings. The zero-order valence-electron chi connectivity index (χ0n) is 10.3. The summed E-state index contributed by atoms with van der Waals surface area (Å²) in [5.74, 6) is 0.631. The van der Waals surface area contributed by atoms with Crippen molar-refractivity contribution in [3.05, 3.63) is 62.2 Å². The van der Waals surface area contributed by atoms with E-state index in [-0.39, 0.29) is 5.69 Å². The molecule has 1 aromatic carbocycles. The van der Waals surface area contributed by atoms with Crippen LogP contribution >= 0.6 is 15.9 Å². The van der Waals surface area contributed by atoms with E-state index in [2.05, 4.69) is 26.2 Å². The first kappa shape index (κ1) is 13.5. The first-order chi connectivity index (χ1) is 9.06. The van der Waals surface area contributed by atoms with Crippen LogP contribution in [0.15, 0.2) is 41.0 Å². The fraction of sp³-hybridized carbons (Fsp3) is 0.154. The van der Waals surface area contributed by atoms with E-state index >= 15 is 0 Å². The number of hydrogen-bond donors (Lipinski definition) is 1. The molecular weight excluding hydrogens is 310 g/mol. The van der Waals surface area contributed by atoms with Crippen LogP contribution in [0.4, 0.5) is 11.5 Å². The molecule has 0 aliphatic rings. The molecule has 1 aromatic heterocycles. The maximum atomic E-state index is 10.7. The fourth-order valence-electron chi connectivity index (χ4n) is 1.63. The van der Waals surface area contributed by atoms with Crippen LogP contribution in [0, 0.1) is 17.0 Å². The third-order valence-electron chi connectivity index (χ3n) is 2.67. The van der Waals surface area contributed by atoms with Gasteiger partial charge in [0, 0.05) is 16.6 Å². The van der Waals surface area contributed by atoms with Gasteiger partial charge in [-0.25, -0.2) is 4.98 Å². The van der Waals surface area contributed by atoms with Gasteiger partial charge in [0.05, 0.1) is 4.92 Å². The van der Waals surface area contributed by atoms with Crippen molar-refractivity contribution in [3.8, 4) is 0 Å². The van der Waals surface area contributed by atoms with Crippen molar-refractivity contribution in [1.82, 2.24) is 4.98 Å². The molecule has 0 unspecified atom stereocenters. The van der Waals surface area contributed by atoms with Crippen LogP contribution < -0.4 is 5.32 Å². The second kappa shape index (κ2) is 5.79. The van der Waals surface area contributed by atoms with Crippen LogP contribution in [0.3, 0.4) is 0 Å². The van der Waals surface area contributed by atoms with Gasteiger partial charge in [0.15, 0.2) is 0 Å². The monoisotopic (exact) mass is 321 g/mol. The van der Waals surface area contributed by atoms with Crippen LogP contribution in [0.25, 0.3) is 0 Å². The predicted octanol–water partition coefficient (Wildman–Crippen LogP) is 3.67. The SMILES string of the molecule is Cc1cc(NCc2ccc(Br)cc2)ncc1[N+](=O)[O-]. The molecule has 0 spiro atoms. The number of rotatable bonds is 4. The lowest BCUT2D eigenvalue weighted by Gasteiger charge is -2.06. The summed E-state index contributed by atoms with van der Waals surface area (Å²) in [4.78, 5) is 14.3. The van der Waals surface area contributed by atoms with E-state index in [4.69, 9.17) is 0 Å². The third-order valence-corrected chi connectivity index (χ3v) is 3.20. The molecule has 6 heteroatoms. The number of pyridine rings is 1. The number of aromatic nitrogens is 1. The molecule has 0 saturated heterocycles. The minimum atomic E-state index is -0.430. The Balaban J connectivity index is 2.06. The zero-order chi connectivity index (χ0) is 13.8. The van der Waals surface area contributed by atoms with E-state index in [1.54, 1.807) is 13.0 Å². The molecule has 19 heavy (non-hydrogen) atoms. The number of halogens is 1. The van der Waals surface area contributed by atoms with E-state index in [9.17, 15) is 10.1 Å². The topological polar surface area (TPSA) is 68.1 Å². The summed E-state index contributed by atoms with van der Waals surface area (Å²) in [5.41, 5.74) is 1.74. The van der Waals surface area contributed by atoms with E-state index in [0.717, 1.165) is 10.0 Å². The van der Waals surface area contributed by atoms with Crippen molar-refractivity contribution in [2.24, 2.45) is 0 Å². The summed E-state index contributed by atoms with van der Waals surface area (Å²) >= 11 is 3.38. The van der Waals surface area contributed by atoms with Crippen LogP contribution in [-0.4, -0.2) is 9.91 Å². The van der Waals surface area contributed by atoms with Crippen LogP contribution in [0.1, 0.15) is 11.1 Å². The average molecular weight is 322 g/mol. The average Bonchev–Trinajstić information content (AvgIpc) is 2.37. The smallest absolute Gasteiger partial charge is 0.290 e. The van der Waals surface area contributed by atoms with Gasteiger partial charge in [-0.1, -0.05) is 28.1 Å². The van der Waals surface area contributed by atoms with Gasteiger partial charge in [0.1, 0.15) is 12.0 Å². The van der Waals surface area contributed by atoms with Gasteiger partial charge in [0.2, 0.25) is 0 Å². The summed E-state index contributed by atoms with van der Waals surface area (Å²) in [6.07, 6.45) is 1.28. The van der Waals surface area contributed by atoms with Gasteiger partial charge < -0.3 is 5.32 Å².